The first-order chi connectivity index (χ1) is 5.79. The fourth-order valence-electron chi connectivity index (χ4n) is 0.767. The molecule has 0 aliphatic rings. The molecule has 0 unspecified atom stereocenters. The summed E-state index contributed by atoms with van der Waals surface area (Å²) in [6.45, 7) is 2.04. The van der Waals surface area contributed by atoms with Gasteiger partial charge in [-0.15, -0.1) is 0 Å². The summed E-state index contributed by atoms with van der Waals surface area (Å²) >= 11 is 0. The third-order valence-corrected chi connectivity index (χ3v) is 1.30. The van der Waals surface area contributed by atoms with Gasteiger partial charge in [0, 0.05) is 6.20 Å². The Morgan fingerprint density at radius 1 is 1.75 bits per heavy atom. The molecule has 0 radical (unpaired) electrons. The zero-order chi connectivity index (χ0) is 8.97. The molecule has 0 fully saturated rings. The molecule has 0 aromatic carbocycles. The second kappa shape index (κ2) is 3.80. The molecule has 1 heterocycles. The molecule has 0 saturated heterocycles. The number of aldehydes is 1. The van der Waals surface area contributed by atoms with Crippen molar-refractivity contribution in [1.82, 2.24) is 4.98 Å². The lowest BCUT2D eigenvalue weighted by atomic mass is 10.3. The summed E-state index contributed by atoms with van der Waals surface area (Å²) in [5.41, 5.74) is -0.0338. The number of carbonyl (C=O) groups is 1. The largest absolute Gasteiger partial charge is 0.476 e. The number of ether oxygens (including phenoxy) is 1. The van der Waals surface area contributed by atoms with Gasteiger partial charge >= 0.3 is 0 Å². The van der Waals surface area contributed by atoms with Crippen LogP contribution in [0.1, 0.15) is 17.3 Å². The minimum absolute atomic E-state index is 0.0338. The number of halogens is 1. The summed E-state index contributed by atoms with van der Waals surface area (Å²) in [6, 6.07) is 1.30. The summed E-state index contributed by atoms with van der Waals surface area (Å²) < 4.78 is 17.9. The molecule has 12 heavy (non-hydrogen) atoms. The average Bonchev–Trinajstić information content (AvgIpc) is 2.09. The minimum atomic E-state index is -0.700. The predicted octanol–water partition coefficient (Wildman–Crippen LogP) is 1.43. The first kappa shape index (κ1) is 8.64. The Morgan fingerprint density at radius 3 is 3.08 bits per heavy atom. The smallest absolute Gasteiger partial charge is 0.251 e. The van der Waals surface area contributed by atoms with Gasteiger partial charge < -0.3 is 4.74 Å². The van der Waals surface area contributed by atoms with Gasteiger partial charge in [0.1, 0.15) is 0 Å². The molecule has 0 aliphatic heterocycles. The first-order valence-corrected chi connectivity index (χ1v) is 3.52. The Bertz CT molecular complexity index is 288. The van der Waals surface area contributed by atoms with Crippen molar-refractivity contribution in [2.75, 3.05) is 6.61 Å². The van der Waals surface area contributed by atoms with Crippen molar-refractivity contribution in [3.05, 3.63) is 23.6 Å². The molecular formula is C8H8FNO2. The number of hydrogen-bond acceptors (Lipinski definition) is 3. The van der Waals surface area contributed by atoms with Crippen molar-refractivity contribution in [3.63, 3.8) is 0 Å². The standard InChI is InChI=1S/C8H8FNO2/c1-2-12-8-7(9)6(5-11)3-4-10-8/h3-5H,2H2,1H3. The van der Waals surface area contributed by atoms with E-state index in [2.05, 4.69) is 4.98 Å². The van der Waals surface area contributed by atoms with Gasteiger partial charge in [-0.2, -0.15) is 0 Å². The highest BCUT2D eigenvalue weighted by atomic mass is 19.1. The van der Waals surface area contributed by atoms with Crippen molar-refractivity contribution < 1.29 is 13.9 Å². The molecule has 4 heteroatoms. The zero-order valence-electron chi connectivity index (χ0n) is 6.58. The average molecular weight is 169 g/mol. The van der Waals surface area contributed by atoms with Crippen molar-refractivity contribution in [2.45, 2.75) is 6.92 Å². The van der Waals surface area contributed by atoms with Gasteiger partial charge in [-0.05, 0) is 13.0 Å². The van der Waals surface area contributed by atoms with Crippen LogP contribution in [0.5, 0.6) is 5.88 Å². The van der Waals surface area contributed by atoms with Crippen LogP contribution >= 0.6 is 0 Å². The molecule has 1 aromatic heterocycles. The molecule has 0 spiro atoms. The highest BCUT2D eigenvalue weighted by molar-refractivity contribution is 5.75. The number of aromatic nitrogens is 1. The Labute approximate surface area is 69.2 Å². The maximum Gasteiger partial charge on any atom is 0.251 e. The summed E-state index contributed by atoms with van der Waals surface area (Å²) in [5.74, 6) is -0.823. The van der Waals surface area contributed by atoms with E-state index in [0.717, 1.165) is 0 Å². The predicted molar refractivity (Wildman–Crippen MR) is 40.8 cm³/mol. The molecule has 0 atom stereocenters. The number of pyridine rings is 1. The molecule has 0 saturated carbocycles. The highest BCUT2D eigenvalue weighted by Crippen LogP contribution is 2.15. The van der Waals surface area contributed by atoms with Crippen LogP contribution in [0.25, 0.3) is 0 Å². The number of nitrogens with zero attached hydrogens (tertiary/aromatic N) is 1. The van der Waals surface area contributed by atoms with Crippen LogP contribution in [0.15, 0.2) is 12.3 Å². The molecule has 1 aromatic rings. The summed E-state index contributed by atoms with van der Waals surface area (Å²) in [4.78, 5) is 13.9. The maximum atomic E-state index is 13.0. The molecule has 64 valence electrons. The second-order valence-corrected chi connectivity index (χ2v) is 2.07. The Morgan fingerprint density at radius 2 is 2.50 bits per heavy atom. The molecule has 0 amide bonds. The van der Waals surface area contributed by atoms with Crippen LogP contribution in [0, 0.1) is 5.82 Å². The normalized spacial score (nSPS) is 9.50. The van der Waals surface area contributed by atoms with E-state index in [1.165, 1.54) is 12.3 Å². The second-order valence-electron chi connectivity index (χ2n) is 2.07. The lowest BCUT2D eigenvalue weighted by molar-refractivity contribution is 0.111. The minimum Gasteiger partial charge on any atom is -0.476 e. The molecule has 0 aliphatic carbocycles. The fourth-order valence-corrected chi connectivity index (χ4v) is 0.767. The summed E-state index contributed by atoms with van der Waals surface area (Å²) in [6.07, 6.45) is 1.76. The van der Waals surface area contributed by atoms with E-state index in [0.29, 0.717) is 12.9 Å². The van der Waals surface area contributed by atoms with Crippen molar-refractivity contribution in [1.29, 1.82) is 0 Å². The van der Waals surface area contributed by atoms with Crippen LogP contribution in [-0.2, 0) is 0 Å². The molecule has 1 rings (SSSR count). The van der Waals surface area contributed by atoms with Gasteiger partial charge in [-0.1, -0.05) is 0 Å². The van der Waals surface area contributed by atoms with E-state index in [1.54, 1.807) is 6.92 Å². The molecule has 3 nitrogen and oxygen atoms in total. The van der Waals surface area contributed by atoms with Crippen LogP contribution in [0.3, 0.4) is 0 Å². The summed E-state index contributed by atoms with van der Waals surface area (Å²) in [7, 11) is 0. The quantitative estimate of drug-likeness (QED) is 0.642. The highest BCUT2D eigenvalue weighted by Gasteiger charge is 2.08. The van der Waals surface area contributed by atoms with Gasteiger partial charge in [0.2, 0.25) is 0 Å². The Kier molecular flexibility index (Phi) is 2.74. The van der Waals surface area contributed by atoms with E-state index >= 15 is 0 Å². The van der Waals surface area contributed by atoms with Gasteiger partial charge in [0.05, 0.1) is 12.2 Å². The zero-order valence-corrected chi connectivity index (χ0v) is 6.58. The Balaban J connectivity index is 3.04. The maximum absolute atomic E-state index is 13.0. The fraction of sp³-hybridized carbons (Fsp3) is 0.250. The lowest BCUT2D eigenvalue weighted by Gasteiger charge is -2.02. The summed E-state index contributed by atoms with van der Waals surface area (Å²) in [5, 5.41) is 0. The molecule has 0 bridgehead atoms. The molecular weight excluding hydrogens is 161 g/mol. The van der Waals surface area contributed by atoms with Crippen molar-refractivity contribution in [3.8, 4) is 5.88 Å². The van der Waals surface area contributed by atoms with Gasteiger partial charge in [0.25, 0.3) is 5.88 Å². The van der Waals surface area contributed by atoms with Gasteiger partial charge in [0.15, 0.2) is 12.1 Å². The van der Waals surface area contributed by atoms with E-state index in [4.69, 9.17) is 4.74 Å². The third kappa shape index (κ3) is 1.58. The van der Waals surface area contributed by atoms with Gasteiger partial charge in [-0.3, -0.25) is 4.79 Å². The third-order valence-electron chi connectivity index (χ3n) is 1.30. The SMILES string of the molecule is CCOc1nccc(C=O)c1F. The number of carbonyl (C=O) groups excluding carboxylic acids is 1. The monoisotopic (exact) mass is 169 g/mol. The van der Waals surface area contributed by atoms with Crippen LogP contribution in [0.4, 0.5) is 4.39 Å². The van der Waals surface area contributed by atoms with E-state index in [9.17, 15) is 9.18 Å². The topological polar surface area (TPSA) is 39.2 Å². The van der Waals surface area contributed by atoms with Crippen molar-refractivity contribution >= 4 is 6.29 Å². The molecule has 0 N–H and O–H groups in total. The van der Waals surface area contributed by atoms with E-state index in [-0.39, 0.29) is 11.4 Å². The van der Waals surface area contributed by atoms with E-state index < -0.39 is 5.82 Å². The first-order valence-electron chi connectivity index (χ1n) is 3.52. The lowest BCUT2D eigenvalue weighted by Crippen LogP contribution is -1.99. The van der Waals surface area contributed by atoms with Crippen LogP contribution in [-0.4, -0.2) is 17.9 Å². The van der Waals surface area contributed by atoms with Crippen molar-refractivity contribution in [2.24, 2.45) is 0 Å². The van der Waals surface area contributed by atoms with Crippen LogP contribution < -0.4 is 4.74 Å². The number of hydrogen-bond donors (Lipinski definition) is 0. The van der Waals surface area contributed by atoms with E-state index in [1.807, 2.05) is 0 Å². The number of rotatable bonds is 3. The Hall–Kier alpha value is -1.45. The van der Waals surface area contributed by atoms with Crippen LogP contribution in [0.2, 0.25) is 0 Å². The van der Waals surface area contributed by atoms with Gasteiger partial charge in [-0.25, -0.2) is 9.37 Å².